The van der Waals surface area contributed by atoms with Crippen molar-refractivity contribution in [3.8, 4) is 0 Å². The fraction of sp³-hybridized carbons (Fsp3) is 1.00. The van der Waals surface area contributed by atoms with Gasteiger partial charge in [0.1, 0.15) is 0 Å². The molecule has 0 aliphatic carbocycles. The normalized spacial score (nSPS) is 27.5. The summed E-state index contributed by atoms with van der Waals surface area (Å²) in [5.74, 6) is 0. The van der Waals surface area contributed by atoms with Crippen LogP contribution in [0.5, 0.6) is 0 Å². The van der Waals surface area contributed by atoms with Crippen molar-refractivity contribution in [1.82, 2.24) is 14.7 Å². The van der Waals surface area contributed by atoms with E-state index in [4.69, 9.17) is 0 Å². The Kier molecular flexibility index (Phi) is 6.46. The molecule has 112 valence electrons. The summed E-state index contributed by atoms with van der Waals surface area (Å²) >= 11 is 2.04. The number of rotatable bonds is 6. The first kappa shape index (κ1) is 15.6. The molecular weight excluding hydrogens is 254 g/mol. The zero-order chi connectivity index (χ0) is 13.7. The molecule has 2 aliphatic rings. The van der Waals surface area contributed by atoms with Gasteiger partial charge in [-0.2, -0.15) is 11.8 Å². The lowest BCUT2D eigenvalue weighted by Crippen LogP contribution is -2.49. The van der Waals surface area contributed by atoms with Crippen molar-refractivity contribution in [2.45, 2.75) is 38.0 Å². The number of hydrogen-bond donors (Lipinski definition) is 0. The number of likely N-dealkylation sites (tertiary alicyclic amines) is 1. The van der Waals surface area contributed by atoms with E-state index in [1.165, 1.54) is 65.2 Å². The molecule has 0 N–H and O–H groups in total. The highest BCUT2D eigenvalue weighted by molar-refractivity contribution is 7.99. The molecule has 2 fully saturated rings. The van der Waals surface area contributed by atoms with Crippen LogP contribution in [0.1, 0.15) is 26.7 Å². The highest BCUT2D eigenvalue weighted by atomic mass is 32.2. The Balaban J connectivity index is 1.55. The zero-order valence-corrected chi connectivity index (χ0v) is 13.8. The van der Waals surface area contributed by atoms with Gasteiger partial charge in [0.2, 0.25) is 0 Å². The third kappa shape index (κ3) is 4.92. The Morgan fingerprint density at radius 3 is 2.26 bits per heavy atom. The predicted octanol–water partition coefficient (Wildman–Crippen LogP) is 1.84. The van der Waals surface area contributed by atoms with Crippen LogP contribution in [0, 0.1) is 0 Å². The molecule has 2 aliphatic heterocycles. The second-order valence-corrected chi connectivity index (χ2v) is 7.41. The molecule has 0 radical (unpaired) electrons. The van der Waals surface area contributed by atoms with Crippen molar-refractivity contribution in [2.75, 3.05) is 58.6 Å². The third-order valence-corrected chi connectivity index (χ3v) is 5.70. The Bertz CT molecular complexity index is 252. The molecule has 0 amide bonds. The maximum atomic E-state index is 2.66. The van der Waals surface area contributed by atoms with Crippen LogP contribution in [-0.2, 0) is 0 Å². The Hall–Kier alpha value is 0.230. The van der Waals surface area contributed by atoms with E-state index < -0.39 is 0 Å². The summed E-state index contributed by atoms with van der Waals surface area (Å²) in [5.41, 5.74) is 0. The molecule has 0 aromatic rings. The van der Waals surface area contributed by atoms with Gasteiger partial charge in [-0.25, -0.2) is 0 Å². The maximum Gasteiger partial charge on any atom is 0.0184 e. The molecule has 0 aromatic carbocycles. The van der Waals surface area contributed by atoms with Gasteiger partial charge in [-0.3, -0.25) is 4.90 Å². The van der Waals surface area contributed by atoms with Crippen molar-refractivity contribution in [3.05, 3.63) is 0 Å². The van der Waals surface area contributed by atoms with Gasteiger partial charge in [0, 0.05) is 44.0 Å². The van der Waals surface area contributed by atoms with Crippen LogP contribution in [0.2, 0.25) is 0 Å². The van der Waals surface area contributed by atoms with Gasteiger partial charge in [0.15, 0.2) is 0 Å². The quantitative estimate of drug-likeness (QED) is 0.736. The summed E-state index contributed by atoms with van der Waals surface area (Å²) < 4.78 is 0. The number of hydrogen-bond acceptors (Lipinski definition) is 4. The van der Waals surface area contributed by atoms with E-state index in [1.807, 2.05) is 11.8 Å². The van der Waals surface area contributed by atoms with Crippen LogP contribution >= 0.6 is 11.8 Å². The van der Waals surface area contributed by atoms with Crippen molar-refractivity contribution in [1.29, 1.82) is 0 Å². The van der Waals surface area contributed by atoms with Gasteiger partial charge >= 0.3 is 0 Å². The van der Waals surface area contributed by atoms with E-state index in [0.717, 1.165) is 11.3 Å². The minimum Gasteiger partial charge on any atom is -0.302 e. The van der Waals surface area contributed by atoms with Crippen LogP contribution in [-0.4, -0.2) is 84.6 Å². The summed E-state index contributed by atoms with van der Waals surface area (Å²) in [6.07, 6.45) is 5.00. The lowest BCUT2D eigenvalue weighted by molar-refractivity contribution is 0.105. The van der Waals surface area contributed by atoms with E-state index in [0.29, 0.717) is 0 Å². The first-order valence-electron chi connectivity index (χ1n) is 7.90. The molecule has 0 spiro atoms. The number of thioether (sulfide) groups is 1. The molecule has 2 rings (SSSR count). The van der Waals surface area contributed by atoms with E-state index in [-0.39, 0.29) is 0 Å². The topological polar surface area (TPSA) is 9.72 Å². The summed E-state index contributed by atoms with van der Waals surface area (Å²) in [5, 5.41) is 0.898. The minimum atomic E-state index is 0.718. The first-order valence-corrected chi connectivity index (χ1v) is 9.19. The van der Waals surface area contributed by atoms with Crippen molar-refractivity contribution in [3.63, 3.8) is 0 Å². The molecule has 1 unspecified atom stereocenters. The Morgan fingerprint density at radius 2 is 1.68 bits per heavy atom. The van der Waals surface area contributed by atoms with Crippen LogP contribution in [0.25, 0.3) is 0 Å². The van der Waals surface area contributed by atoms with Crippen LogP contribution < -0.4 is 0 Å². The summed E-state index contributed by atoms with van der Waals surface area (Å²) in [6, 6.07) is 0.718. The third-order valence-electron chi connectivity index (χ3n) is 4.65. The Morgan fingerprint density at radius 1 is 1.00 bits per heavy atom. The zero-order valence-electron chi connectivity index (χ0n) is 13.0. The van der Waals surface area contributed by atoms with Crippen molar-refractivity contribution >= 4 is 11.8 Å². The summed E-state index contributed by atoms with van der Waals surface area (Å²) in [7, 11) is 0. The highest BCUT2D eigenvalue weighted by Crippen LogP contribution is 2.20. The fourth-order valence-corrected chi connectivity index (χ4v) is 3.91. The van der Waals surface area contributed by atoms with Crippen LogP contribution in [0.3, 0.4) is 0 Å². The molecule has 3 nitrogen and oxygen atoms in total. The molecule has 0 bridgehead atoms. The SMILES string of the molecule is CSC1CCN(CCCN2CCN(C(C)C)CC2)C1. The summed E-state index contributed by atoms with van der Waals surface area (Å²) in [6.45, 7) is 14.9. The molecule has 4 heteroatoms. The lowest BCUT2D eigenvalue weighted by atomic mass is 10.2. The van der Waals surface area contributed by atoms with E-state index in [1.54, 1.807) is 0 Å². The maximum absolute atomic E-state index is 2.66. The van der Waals surface area contributed by atoms with Gasteiger partial charge in [-0.05, 0) is 52.6 Å². The molecule has 0 aromatic heterocycles. The standard InChI is InChI=1S/C15H31N3S/c1-14(2)18-11-9-16(10-12-18)6-4-7-17-8-5-15(13-17)19-3/h14-15H,4-13H2,1-3H3. The molecular formula is C15H31N3S. The predicted molar refractivity (Wildman–Crippen MR) is 86.1 cm³/mol. The molecule has 19 heavy (non-hydrogen) atoms. The van der Waals surface area contributed by atoms with Gasteiger partial charge in [0.25, 0.3) is 0 Å². The minimum absolute atomic E-state index is 0.718. The Labute approximate surface area is 123 Å². The van der Waals surface area contributed by atoms with E-state index in [9.17, 15) is 0 Å². The van der Waals surface area contributed by atoms with Gasteiger partial charge in [-0.1, -0.05) is 0 Å². The van der Waals surface area contributed by atoms with E-state index >= 15 is 0 Å². The van der Waals surface area contributed by atoms with Crippen LogP contribution in [0.15, 0.2) is 0 Å². The van der Waals surface area contributed by atoms with Crippen molar-refractivity contribution < 1.29 is 0 Å². The number of piperazine rings is 1. The molecule has 1 atom stereocenters. The largest absolute Gasteiger partial charge is 0.302 e. The highest BCUT2D eigenvalue weighted by Gasteiger charge is 2.22. The molecule has 2 heterocycles. The molecule has 2 saturated heterocycles. The van der Waals surface area contributed by atoms with Gasteiger partial charge < -0.3 is 9.80 Å². The smallest absolute Gasteiger partial charge is 0.0184 e. The summed E-state index contributed by atoms with van der Waals surface area (Å²) in [4.78, 5) is 7.91. The average molecular weight is 286 g/mol. The monoisotopic (exact) mass is 285 g/mol. The average Bonchev–Trinajstić information content (AvgIpc) is 2.87. The second-order valence-electron chi connectivity index (χ2n) is 6.27. The van der Waals surface area contributed by atoms with Crippen LogP contribution in [0.4, 0.5) is 0 Å². The fourth-order valence-electron chi connectivity index (χ4n) is 3.21. The number of nitrogens with zero attached hydrogens (tertiary/aromatic N) is 3. The first-order chi connectivity index (χ1) is 9.19. The second kappa shape index (κ2) is 7.87. The van der Waals surface area contributed by atoms with E-state index in [2.05, 4.69) is 34.8 Å². The molecule has 0 saturated carbocycles. The van der Waals surface area contributed by atoms with Gasteiger partial charge in [-0.15, -0.1) is 0 Å². The van der Waals surface area contributed by atoms with Crippen molar-refractivity contribution in [2.24, 2.45) is 0 Å². The van der Waals surface area contributed by atoms with Gasteiger partial charge in [0.05, 0.1) is 0 Å². The lowest BCUT2D eigenvalue weighted by Gasteiger charge is -2.37.